The number of esters is 1. The van der Waals surface area contributed by atoms with Crippen LogP contribution < -0.4 is 18.9 Å². The van der Waals surface area contributed by atoms with E-state index >= 15 is 0 Å². The van der Waals surface area contributed by atoms with Crippen LogP contribution in [0.5, 0.6) is 23.0 Å². The summed E-state index contributed by atoms with van der Waals surface area (Å²) in [5.74, 6) is 1.13. The smallest absolute Gasteiger partial charge is 0.338 e. The van der Waals surface area contributed by atoms with Gasteiger partial charge in [-0.15, -0.1) is 0 Å². The Bertz CT molecular complexity index is 508. The number of hydrogen-bond donors (Lipinski definition) is 0. The third-order valence-electron chi connectivity index (χ3n) is 2.47. The molecule has 5 heteroatoms. The molecule has 0 fully saturated rings. The normalized spacial score (nSPS) is 9.90. The molecule has 0 radical (unpaired) electrons. The van der Waals surface area contributed by atoms with Crippen molar-refractivity contribution in [3.8, 4) is 23.0 Å². The lowest BCUT2D eigenvalue weighted by Crippen LogP contribution is -2.11. The maximum Gasteiger partial charge on any atom is 0.338 e. The first kappa shape index (κ1) is 16.9. The number of ether oxygens (including phenoxy) is 4. The molecule has 0 aliphatic carbocycles. The third-order valence-corrected chi connectivity index (χ3v) is 2.47. The fourth-order valence-electron chi connectivity index (χ4n) is 1.63. The standard InChI is InChI=1S/C16H22O5/c1-6-18-12-9-10-13(21-16(17)11(4)5)15(20-8-3)14(12)19-7-2/h9-10H,4,6-8H2,1-3,5H3. The van der Waals surface area contributed by atoms with Crippen molar-refractivity contribution in [2.45, 2.75) is 27.7 Å². The lowest BCUT2D eigenvalue weighted by molar-refractivity contribution is -0.130. The lowest BCUT2D eigenvalue weighted by atomic mass is 10.2. The molecule has 0 heterocycles. The van der Waals surface area contributed by atoms with Crippen LogP contribution in [0.2, 0.25) is 0 Å². The van der Waals surface area contributed by atoms with Gasteiger partial charge in [0.1, 0.15) is 0 Å². The minimum atomic E-state index is -0.512. The first-order chi connectivity index (χ1) is 10.0. The number of benzene rings is 1. The molecule has 0 amide bonds. The van der Waals surface area contributed by atoms with Crippen molar-refractivity contribution >= 4 is 5.97 Å². The average molecular weight is 294 g/mol. The molecule has 0 aliphatic rings. The number of carbonyl (C=O) groups excluding carboxylic acids is 1. The molecule has 116 valence electrons. The Morgan fingerprint density at radius 2 is 1.43 bits per heavy atom. The Kier molecular flexibility index (Phi) is 6.59. The first-order valence-corrected chi connectivity index (χ1v) is 6.98. The van der Waals surface area contributed by atoms with E-state index in [1.807, 2.05) is 20.8 Å². The second-order valence-corrected chi connectivity index (χ2v) is 4.19. The van der Waals surface area contributed by atoms with Crippen LogP contribution in [-0.2, 0) is 4.79 Å². The molecule has 0 unspecified atom stereocenters. The van der Waals surface area contributed by atoms with Gasteiger partial charge in [0, 0.05) is 5.57 Å². The summed E-state index contributed by atoms with van der Waals surface area (Å²) in [7, 11) is 0. The highest BCUT2D eigenvalue weighted by atomic mass is 16.6. The highest BCUT2D eigenvalue weighted by molar-refractivity contribution is 5.89. The van der Waals surface area contributed by atoms with E-state index in [9.17, 15) is 4.79 Å². The molecule has 0 saturated heterocycles. The average Bonchev–Trinajstić information content (AvgIpc) is 2.45. The van der Waals surface area contributed by atoms with E-state index in [1.165, 1.54) is 0 Å². The van der Waals surface area contributed by atoms with Crippen LogP contribution in [0.15, 0.2) is 24.3 Å². The van der Waals surface area contributed by atoms with E-state index in [1.54, 1.807) is 19.1 Å². The zero-order valence-corrected chi connectivity index (χ0v) is 13.0. The van der Waals surface area contributed by atoms with Crippen LogP contribution in [0.3, 0.4) is 0 Å². The van der Waals surface area contributed by atoms with Crippen molar-refractivity contribution in [1.82, 2.24) is 0 Å². The molecule has 0 aliphatic heterocycles. The molecule has 0 bridgehead atoms. The van der Waals surface area contributed by atoms with E-state index in [0.29, 0.717) is 42.6 Å². The number of carbonyl (C=O) groups is 1. The zero-order chi connectivity index (χ0) is 15.8. The van der Waals surface area contributed by atoms with Crippen molar-refractivity contribution in [1.29, 1.82) is 0 Å². The molecule has 0 aromatic heterocycles. The van der Waals surface area contributed by atoms with E-state index in [2.05, 4.69) is 6.58 Å². The number of hydrogen-bond acceptors (Lipinski definition) is 5. The van der Waals surface area contributed by atoms with E-state index in [-0.39, 0.29) is 5.75 Å². The fraction of sp³-hybridized carbons (Fsp3) is 0.438. The maximum atomic E-state index is 11.7. The van der Waals surface area contributed by atoms with Crippen LogP contribution in [0, 0.1) is 0 Å². The molecule has 0 atom stereocenters. The largest absolute Gasteiger partial charge is 0.490 e. The maximum absolute atomic E-state index is 11.7. The lowest BCUT2D eigenvalue weighted by Gasteiger charge is -2.18. The molecule has 1 rings (SSSR count). The van der Waals surface area contributed by atoms with Crippen LogP contribution >= 0.6 is 0 Å². The minimum absolute atomic E-state index is 0.289. The van der Waals surface area contributed by atoms with Crippen LogP contribution in [0.25, 0.3) is 0 Å². The van der Waals surface area contributed by atoms with Gasteiger partial charge in [-0.05, 0) is 39.8 Å². The molecular weight excluding hydrogens is 272 g/mol. The topological polar surface area (TPSA) is 54.0 Å². The molecule has 0 spiro atoms. The van der Waals surface area contributed by atoms with Gasteiger partial charge < -0.3 is 18.9 Å². The Labute approximate surface area is 125 Å². The molecule has 0 N–H and O–H groups in total. The van der Waals surface area contributed by atoms with Gasteiger partial charge in [0.25, 0.3) is 0 Å². The molecule has 5 nitrogen and oxygen atoms in total. The fourth-order valence-corrected chi connectivity index (χ4v) is 1.63. The summed E-state index contributed by atoms with van der Waals surface area (Å²) in [5, 5.41) is 0. The Morgan fingerprint density at radius 3 is 1.90 bits per heavy atom. The summed E-state index contributed by atoms with van der Waals surface area (Å²) >= 11 is 0. The molecule has 0 saturated carbocycles. The summed E-state index contributed by atoms with van der Waals surface area (Å²) in [6.45, 7) is 12.1. The summed E-state index contributed by atoms with van der Waals surface area (Å²) in [4.78, 5) is 11.7. The monoisotopic (exact) mass is 294 g/mol. The predicted octanol–water partition coefficient (Wildman–Crippen LogP) is 3.36. The van der Waals surface area contributed by atoms with Gasteiger partial charge in [-0.3, -0.25) is 0 Å². The van der Waals surface area contributed by atoms with Gasteiger partial charge in [0.05, 0.1) is 19.8 Å². The molecule has 1 aromatic carbocycles. The van der Waals surface area contributed by atoms with E-state index in [0.717, 1.165) is 0 Å². The SMILES string of the molecule is C=C(C)C(=O)Oc1ccc(OCC)c(OCC)c1OCC. The van der Waals surface area contributed by atoms with Crippen molar-refractivity contribution in [2.75, 3.05) is 19.8 Å². The van der Waals surface area contributed by atoms with E-state index in [4.69, 9.17) is 18.9 Å². The van der Waals surface area contributed by atoms with Crippen LogP contribution in [0.4, 0.5) is 0 Å². The van der Waals surface area contributed by atoms with Crippen molar-refractivity contribution in [3.05, 3.63) is 24.3 Å². The van der Waals surface area contributed by atoms with Gasteiger partial charge >= 0.3 is 5.97 Å². The first-order valence-electron chi connectivity index (χ1n) is 6.98. The zero-order valence-electron chi connectivity index (χ0n) is 13.0. The van der Waals surface area contributed by atoms with Crippen molar-refractivity contribution in [3.63, 3.8) is 0 Å². The Morgan fingerprint density at radius 1 is 0.952 bits per heavy atom. The van der Waals surface area contributed by atoms with Crippen molar-refractivity contribution in [2.24, 2.45) is 0 Å². The van der Waals surface area contributed by atoms with Crippen molar-refractivity contribution < 1.29 is 23.7 Å². The Hall–Kier alpha value is -2.17. The second-order valence-electron chi connectivity index (χ2n) is 4.19. The van der Waals surface area contributed by atoms with Gasteiger partial charge in [-0.2, -0.15) is 0 Å². The highest BCUT2D eigenvalue weighted by Crippen LogP contribution is 2.44. The predicted molar refractivity (Wildman–Crippen MR) is 80.4 cm³/mol. The quantitative estimate of drug-likeness (QED) is 0.418. The van der Waals surface area contributed by atoms with Gasteiger partial charge in [-0.1, -0.05) is 6.58 Å². The summed E-state index contributed by atoms with van der Waals surface area (Å²) in [6, 6.07) is 3.32. The van der Waals surface area contributed by atoms with Gasteiger partial charge in [-0.25, -0.2) is 4.79 Å². The highest BCUT2D eigenvalue weighted by Gasteiger charge is 2.20. The van der Waals surface area contributed by atoms with Crippen LogP contribution in [-0.4, -0.2) is 25.8 Å². The molecule has 1 aromatic rings. The summed E-state index contributed by atoms with van der Waals surface area (Å²) in [6.07, 6.45) is 0. The molecule has 21 heavy (non-hydrogen) atoms. The molecular formula is C16H22O5. The van der Waals surface area contributed by atoms with Crippen LogP contribution in [0.1, 0.15) is 27.7 Å². The summed E-state index contributed by atoms with van der Waals surface area (Å²) < 4.78 is 22.0. The Balaban J connectivity index is 3.26. The number of rotatable bonds is 8. The van der Waals surface area contributed by atoms with Gasteiger partial charge in [0.2, 0.25) is 11.5 Å². The minimum Gasteiger partial charge on any atom is -0.490 e. The van der Waals surface area contributed by atoms with E-state index < -0.39 is 5.97 Å². The second kappa shape index (κ2) is 8.19. The summed E-state index contributed by atoms with van der Waals surface area (Å²) in [5.41, 5.74) is 0.310. The third kappa shape index (κ3) is 4.41. The van der Waals surface area contributed by atoms with Gasteiger partial charge in [0.15, 0.2) is 11.5 Å².